The molecule has 0 saturated heterocycles. The van der Waals surface area contributed by atoms with E-state index in [0.717, 1.165) is 6.42 Å². The van der Waals surface area contributed by atoms with Gasteiger partial charge < -0.3 is 5.73 Å². The van der Waals surface area contributed by atoms with E-state index < -0.39 is 0 Å². The lowest BCUT2D eigenvalue weighted by molar-refractivity contribution is 0.520. The lowest BCUT2D eigenvalue weighted by Gasteiger charge is -2.00. The number of hydrogen-bond donors (Lipinski definition) is 2. The summed E-state index contributed by atoms with van der Waals surface area (Å²) in [4.78, 5) is 0. The van der Waals surface area contributed by atoms with Crippen LogP contribution in [-0.2, 0) is 0 Å². The number of hydrogen-bond acceptors (Lipinski definition) is 2. The van der Waals surface area contributed by atoms with Crippen molar-refractivity contribution in [2.75, 3.05) is 0 Å². The van der Waals surface area contributed by atoms with E-state index >= 15 is 0 Å². The summed E-state index contributed by atoms with van der Waals surface area (Å²) in [6.07, 6.45) is 4.54. The molecule has 0 aromatic heterocycles. The lowest BCUT2D eigenvalue weighted by Crippen LogP contribution is -2.21. The second kappa shape index (κ2) is 2.11. The molecule has 0 heterocycles. The van der Waals surface area contributed by atoms with Crippen molar-refractivity contribution in [3.63, 3.8) is 0 Å². The Kier molecular flexibility index (Phi) is 1.41. The molecular formula is C8H10FNS. The van der Waals surface area contributed by atoms with Gasteiger partial charge in [0.2, 0.25) is 0 Å². The zero-order valence-electron chi connectivity index (χ0n) is 6.00. The van der Waals surface area contributed by atoms with Gasteiger partial charge >= 0.3 is 0 Å². The van der Waals surface area contributed by atoms with Crippen LogP contribution < -0.4 is 5.73 Å². The first kappa shape index (κ1) is 7.37. The predicted octanol–water partition coefficient (Wildman–Crippen LogP) is 1.63. The fourth-order valence-corrected chi connectivity index (χ4v) is 2.15. The van der Waals surface area contributed by atoms with E-state index in [2.05, 4.69) is 12.6 Å². The molecule has 0 bridgehead atoms. The Labute approximate surface area is 70.6 Å². The van der Waals surface area contributed by atoms with Gasteiger partial charge in [-0.1, -0.05) is 6.08 Å². The molecule has 0 aliphatic heterocycles. The molecule has 11 heavy (non-hydrogen) atoms. The lowest BCUT2D eigenvalue weighted by atomic mass is 10.1. The summed E-state index contributed by atoms with van der Waals surface area (Å²) in [5.41, 5.74) is 5.51. The highest BCUT2D eigenvalue weighted by Crippen LogP contribution is 2.62. The molecule has 2 aliphatic rings. The normalized spacial score (nSPS) is 47.7. The van der Waals surface area contributed by atoms with E-state index in [-0.39, 0.29) is 17.3 Å². The molecule has 0 amide bonds. The molecule has 60 valence electrons. The molecule has 1 fully saturated rings. The predicted molar refractivity (Wildman–Crippen MR) is 45.8 cm³/mol. The quantitative estimate of drug-likeness (QED) is 0.576. The minimum atomic E-state index is -0.362. The van der Waals surface area contributed by atoms with Crippen molar-refractivity contribution in [3.8, 4) is 0 Å². The third-order valence-corrected chi connectivity index (χ3v) is 2.80. The van der Waals surface area contributed by atoms with Crippen LogP contribution in [0.3, 0.4) is 0 Å². The Morgan fingerprint density at radius 2 is 2.55 bits per heavy atom. The average molecular weight is 171 g/mol. The zero-order chi connectivity index (χ0) is 8.06. The van der Waals surface area contributed by atoms with Crippen molar-refractivity contribution in [1.29, 1.82) is 0 Å². The molecule has 1 saturated carbocycles. The summed E-state index contributed by atoms with van der Waals surface area (Å²) in [5.74, 6) is 0.138. The summed E-state index contributed by atoms with van der Waals surface area (Å²) >= 11 is 3.96. The summed E-state index contributed by atoms with van der Waals surface area (Å²) in [6.45, 7) is 0. The van der Waals surface area contributed by atoms with Gasteiger partial charge in [0.1, 0.15) is 5.83 Å². The topological polar surface area (TPSA) is 26.0 Å². The second-order valence-corrected chi connectivity index (χ2v) is 3.59. The smallest absolute Gasteiger partial charge is 0.114 e. The highest BCUT2D eigenvalue weighted by atomic mass is 32.1. The van der Waals surface area contributed by atoms with E-state index in [4.69, 9.17) is 5.73 Å². The van der Waals surface area contributed by atoms with E-state index in [9.17, 15) is 4.39 Å². The molecule has 2 aliphatic carbocycles. The Hall–Kier alpha value is -0.280. The van der Waals surface area contributed by atoms with E-state index in [1.165, 1.54) is 0 Å². The van der Waals surface area contributed by atoms with Gasteiger partial charge in [0.05, 0.1) is 6.04 Å². The minimum Gasteiger partial charge on any atom is -0.322 e. The van der Waals surface area contributed by atoms with Crippen molar-refractivity contribution < 1.29 is 4.39 Å². The van der Waals surface area contributed by atoms with Gasteiger partial charge in [0.15, 0.2) is 0 Å². The maximum atomic E-state index is 12.8. The van der Waals surface area contributed by atoms with E-state index in [0.29, 0.717) is 5.92 Å². The fourth-order valence-electron chi connectivity index (χ4n) is 1.87. The monoisotopic (exact) mass is 171 g/mol. The van der Waals surface area contributed by atoms with Crippen molar-refractivity contribution in [2.24, 2.45) is 17.1 Å². The molecule has 3 atom stereocenters. The van der Waals surface area contributed by atoms with Gasteiger partial charge in [-0.3, -0.25) is 0 Å². The van der Waals surface area contributed by atoms with Crippen molar-refractivity contribution in [2.45, 2.75) is 12.5 Å². The van der Waals surface area contributed by atoms with Gasteiger partial charge in [-0.15, -0.1) is 0 Å². The molecular weight excluding hydrogens is 161 g/mol. The Morgan fingerprint density at radius 1 is 1.82 bits per heavy atom. The largest absolute Gasteiger partial charge is 0.322 e. The molecule has 0 aromatic carbocycles. The first-order valence-electron chi connectivity index (χ1n) is 3.65. The molecule has 2 unspecified atom stereocenters. The summed E-state index contributed by atoms with van der Waals surface area (Å²) in [5, 5.41) is 1.67. The van der Waals surface area contributed by atoms with E-state index in [1.807, 2.05) is 6.08 Å². The summed E-state index contributed by atoms with van der Waals surface area (Å²) in [7, 11) is 0. The average Bonchev–Trinajstić information content (AvgIpc) is 2.57. The van der Waals surface area contributed by atoms with Crippen molar-refractivity contribution >= 4 is 12.6 Å². The third-order valence-electron chi connectivity index (χ3n) is 2.65. The van der Waals surface area contributed by atoms with Gasteiger partial charge in [-0.25, -0.2) is 4.39 Å². The van der Waals surface area contributed by atoms with E-state index in [1.54, 1.807) is 11.5 Å². The second-order valence-electron chi connectivity index (χ2n) is 3.29. The molecule has 0 spiro atoms. The Balaban J connectivity index is 2.25. The SMILES string of the molecule is NC1C(F)=C[C@@]2(/C=C/S)CC12. The standard InChI is InChI=1S/C8H10FNS/c9-6-4-8(1-2-11)3-5(8)7(6)10/h1-2,4-5,7,11H,3,10H2/b2-1+/t5?,7?,8-/m1/s1. The van der Waals surface area contributed by atoms with Crippen LogP contribution >= 0.6 is 12.6 Å². The highest BCUT2D eigenvalue weighted by molar-refractivity contribution is 7.83. The van der Waals surface area contributed by atoms with Crippen molar-refractivity contribution in [3.05, 3.63) is 23.4 Å². The Morgan fingerprint density at radius 3 is 3.00 bits per heavy atom. The highest BCUT2D eigenvalue weighted by Gasteiger charge is 2.59. The third kappa shape index (κ3) is 0.876. The molecule has 0 aromatic rings. The molecule has 0 radical (unpaired) electrons. The van der Waals surface area contributed by atoms with Gasteiger partial charge in [0, 0.05) is 5.41 Å². The molecule has 3 heteroatoms. The minimum absolute atomic E-state index is 0.0642. The maximum Gasteiger partial charge on any atom is 0.114 e. The molecule has 2 N–H and O–H groups in total. The number of halogens is 1. The summed E-state index contributed by atoms with van der Waals surface area (Å²) in [6, 6.07) is -0.362. The fraction of sp³-hybridized carbons (Fsp3) is 0.500. The van der Waals surface area contributed by atoms with Gasteiger partial charge in [0.25, 0.3) is 0 Å². The Bertz CT molecular complexity index is 248. The van der Waals surface area contributed by atoms with Crippen LogP contribution in [0.2, 0.25) is 0 Å². The van der Waals surface area contributed by atoms with Crippen LogP contribution in [0.4, 0.5) is 4.39 Å². The zero-order valence-corrected chi connectivity index (χ0v) is 6.89. The van der Waals surface area contributed by atoms with Crippen LogP contribution in [0.15, 0.2) is 23.4 Å². The number of rotatable bonds is 1. The van der Waals surface area contributed by atoms with Gasteiger partial charge in [-0.2, -0.15) is 12.6 Å². The van der Waals surface area contributed by atoms with Crippen LogP contribution in [0.25, 0.3) is 0 Å². The van der Waals surface area contributed by atoms with Gasteiger partial charge in [-0.05, 0) is 23.8 Å². The van der Waals surface area contributed by atoms with Crippen LogP contribution in [0.1, 0.15) is 6.42 Å². The van der Waals surface area contributed by atoms with Crippen LogP contribution in [-0.4, -0.2) is 6.04 Å². The first-order valence-corrected chi connectivity index (χ1v) is 4.17. The first-order chi connectivity index (χ1) is 5.19. The molecule has 2 rings (SSSR count). The van der Waals surface area contributed by atoms with Crippen LogP contribution in [0, 0.1) is 11.3 Å². The number of nitrogens with two attached hydrogens (primary N) is 1. The number of allylic oxidation sites excluding steroid dienone is 2. The van der Waals surface area contributed by atoms with Crippen LogP contribution in [0.5, 0.6) is 0 Å². The summed E-state index contributed by atoms with van der Waals surface area (Å²) < 4.78 is 12.8. The molecule has 1 nitrogen and oxygen atoms in total. The number of thiol groups is 1. The number of fused-ring (bicyclic) bond motifs is 1. The van der Waals surface area contributed by atoms with Crippen molar-refractivity contribution in [1.82, 2.24) is 0 Å². The maximum absolute atomic E-state index is 12.8.